The number of thioether (sulfide) groups is 1. The van der Waals surface area contributed by atoms with Crippen LogP contribution in [0.5, 0.6) is 0 Å². The molecule has 0 aliphatic heterocycles. The fourth-order valence-electron chi connectivity index (χ4n) is 1.92. The number of aromatic nitrogens is 2. The summed E-state index contributed by atoms with van der Waals surface area (Å²) in [6.07, 6.45) is 3.58. The van der Waals surface area contributed by atoms with Gasteiger partial charge in [-0.05, 0) is 19.6 Å². The molecule has 1 rings (SSSR count). The highest BCUT2D eigenvalue weighted by Crippen LogP contribution is 2.19. The van der Waals surface area contributed by atoms with Crippen LogP contribution in [0.25, 0.3) is 0 Å². The summed E-state index contributed by atoms with van der Waals surface area (Å²) >= 11 is 1.55. The van der Waals surface area contributed by atoms with Gasteiger partial charge in [-0.2, -0.15) is 16.7 Å². The number of aliphatic hydroxyl groups is 1. The van der Waals surface area contributed by atoms with Gasteiger partial charge in [0, 0.05) is 29.5 Å². The van der Waals surface area contributed by atoms with Crippen molar-refractivity contribution in [3.05, 3.63) is 11.7 Å². The number of aryl methyl sites for hydroxylation is 1. The van der Waals surface area contributed by atoms with Crippen LogP contribution in [0.2, 0.25) is 0 Å². The molecular weight excluding hydrogens is 302 g/mol. The number of carbonyl (C=O) groups is 1. The minimum atomic E-state index is -0.133. The molecule has 0 saturated heterocycles. The van der Waals surface area contributed by atoms with E-state index in [2.05, 4.69) is 15.5 Å². The number of amides is 1. The predicted octanol–water partition coefficient (Wildman–Crippen LogP) is 1.92. The zero-order valence-electron chi connectivity index (χ0n) is 14.0. The Labute approximate surface area is 136 Å². The summed E-state index contributed by atoms with van der Waals surface area (Å²) in [5.41, 5.74) is -0.133. The van der Waals surface area contributed by atoms with E-state index in [1.54, 1.807) is 11.8 Å². The zero-order chi connectivity index (χ0) is 16.8. The molecular formula is C15H27N3O3S. The van der Waals surface area contributed by atoms with E-state index in [9.17, 15) is 9.90 Å². The second-order valence-corrected chi connectivity index (χ2v) is 7.51. The van der Waals surface area contributed by atoms with E-state index in [-0.39, 0.29) is 29.2 Å². The first kappa shape index (κ1) is 19.0. The van der Waals surface area contributed by atoms with Gasteiger partial charge in [0.15, 0.2) is 5.82 Å². The molecule has 2 atom stereocenters. The standard InChI is InChI=1S/C15H27N3O3S/c1-10(11(9-19)22-5)16-12(20)7-6-8-13-17-14(18-21-13)15(2,3)4/h10-11,19H,6-9H2,1-5H3,(H,16,20)/t10-,11-/m0/s1. The molecule has 1 aromatic rings. The molecule has 0 aliphatic carbocycles. The van der Waals surface area contributed by atoms with Gasteiger partial charge >= 0.3 is 0 Å². The van der Waals surface area contributed by atoms with Crippen molar-refractivity contribution in [1.29, 1.82) is 0 Å². The molecule has 0 saturated carbocycles. The quantitative estimate of drug-likeness (QED) is 0.757. The van der Waals surface area contributed by atoms with Crippen LogP contribution in [0.3, 0.4) is 0 Å². The molecule has 2 N–H and O–H groups in total. The Morgan fingerprint density at radius 3 is 2.64 bits per heavy atom. The minimum absolute atomic E-state index is 0.0180. The topological polar surface area (TPSA) is 88.2 Å². The lowest BCUT2D eigenvalue weighted by Gasteiger charge is -2.21. The van der Waals surface area contributed by atoms with Crippen LogP contribution >= 0.6 is 11.8 Å². The lowest BCUT2D eigenvalue weighted by molar-refractivity contribution is -0.121. The van der Waals surface area contributed by atoms with E-state index in [0.717, 1.165) is 0 Å². The maximum atomic E-state index is 11.9. The van der Waals surface area contributed by atoms with Crippen molar-refractivity contribution in [3.63, 3.8) is 0 Å². The average molecular weight is 329 g/mol. The number of rotatable bonds is 8. The first-order valence-corrected chi connectivity index (χ1v) is 8.82. The van der Waals surface area contributed by atoms with Crippen molar-refractivity contribution in [2.24, 2.45) is 0 Å². The SMILES string of the molecule is CS[C@@H](CO)[C@H](C)NC(=O)CCCc1nc(C(C)(C)C)no1. The van der Waals surface area contributed by atoms with Crippen molar-refractivity contribution >= 4 is 17.7 Å². The summed E-state index contributed by atoms with van der Waals surface area (Å²) in [5.74, 6) is 1.24. The van der Waals surface area contributed by atoms with Gasteiger partial charge in [0.05, 0.1) is 6.61 Å². The molecule has 7 heteroatoms. The molecule has 22 heavy (non-hydrogen) atoms. The number of hydrogen-bond donors (Lipinski definition) is 2. The summed E-state index contributed by atoms with van der Waals surface area (Å²) in [5, 5.41) is 16.1. The van der Waals surface area contributed by atoms with Gasteiger partial charge in [-0.15, -0.1) is 0 Å². The number of nitrogens with one attached hydrogen (secondary N) is 1. The zero-order valence-corrected chi connectivity index (χ0v) is 14.9. The molecule has 0 aromatic carbocycles. The Morgan fingerprint density at radius 1 is 1.45 bits per heavy atom. The molecule has 1 amide bonds. The molecule has 0 spiro atoms. The molecule has 126 valence electrons. The number of aliphatic hydroxyl groups excluding tert-OH is 1. The maximum Gasteiger partial charge on any atom is 0.226 e. The third-order valence-corrected chi connectivity index (χ3v) is 4.53. The lowest BCUT2D eigenvalue weighted by atomic mass is 9.96. The summed E-state index contributed by atoms with van der Waals surface area (Å²) in [4.78, 5) is 16.2. The second kappa shape index (κ2) is 8.53. The van der Waals surface area contributed by atoms with Gasteiger partial charge < -0.3 is 14.9 Å². The molecule has 0 fully saturated rings. The minimum Gasteiger partial charge on any atom is -0.395 e. The summed E-state index contributed by atoms with van der Waals surface area (Å²) < 4.78 is 5.20. The monoisotopic (exact) mass is 329 g/mol. The third kappa shape index (κ3) is 5.96. The summed E-state index contributed by atoms with van der Waals surface area (Å²) in [7, 11) is 0. The normalized spacial score (nSPS) is 14.6. The summed E-state index contributed by atoms with van der Waals surface area (Å²) in [6.45, 7) is 8.04. The predicted molar refractivity (Wildman–Crippen MR) is 87.9 cm³/mol. The lowest BCUT2D eigenvalue weighted by Crippen LogP contribution is -2.41. The van der Waals surface area contributed by atoms with Crippen LogP contribution in [0.15, 0.2) is 4.52 Å². The second-order valence-electron chi connectivity index (χ2n) is 6.43. The number of carbonyl (C=O) groups excluding carboxylic acids is 1. The smallest absolute Gasteiger partial charge is 0.226 e. The Hall–Kier alpha value is -1.08. The molecule has 0 aliphatic rings. The van der Waals surface area contributed by atoms with Crippen LogP contribution in [-0.4, -0.2) is 45.3 Å². The highest BCUT2D eigenvalue weighted by molar-refractivity contribution is 7.99. The highest BCUT2D eigenvalue weighted by Gasteiger charge is 2.21. The largest absolute Gasteiger partial charge is 0.395 e. The van der Waals surface area contributed by atoms with Gasteiger partial charge in [-0.3, -0.25) is 4.79 Å². The molecule has 0 bridgehead atoms. The van der Waals surface area contributed by atoms with E-state index in [1.807, 2.05) is 34.0 Å². The highest BCUT2D eigenvalue weighted by atomic mass is 32.2. The van der Waals surface area contributed by atoms with Crippen molar-refractivity contribution < 1.29 is 14.4 Å². The van der Waals surface area contributed by atoms with Gasteiger partial charge in [0.2, 0.25) is 11.8 Å². The van der Waals surface area contributed by atoms with Crippen LogP contribution in [0.4, 0.5) is 0 Å². The van der Waals surface area contributed by atoms with Gasteiger partial charge in [0.25, 0.3) is 0 Å². The van der Waals surface area contributed by atoms with Gasteiger partial charge in [-0.25, -0.2) is 0 Å². The Balaban J connectivity index is 2.35. The fraction of sp³-hybridized carbons (Fsp3) is 0.800. The van der Waals surface area contributed by atoms with Crippen LogP contribution in [0.1, 0.15) is 52.3 Å². The number of nitrogens with zero attached hydrogens (tertiary/aromatic N) is 2. The number of hydrogen-bond acceptors (Lipinski definition) is 6. The van der Waals surface area contributed by atoms with Crippen molar-refractivity contribution in [2.45, 2.75) is 63.7 Å². The molecule has 1 aromatic heterocycles. The molecule has 6 nitrogen and oxygen atoms in total. The van der Waals surface area contributed by atoms with E-state index in [0.29, 0.717) is 31.0 Å². The average Bonchev–Trinajstić information content (AvgIpc) is 2.88. The Kier molecular flexibility index (Phi) is 7.35. The first-order chi connectivity index (χ1) is 10.3. The summed E-state index contributed by atoms with van der Waals surface area (Å²) in [6, 6.07) is -0.0524. The maximum absolute atomic E-state index is 11.9. The van der Waals surface area contributed by atoms with Gasteiger partial charge in [0.1, 0.15) is 0 Å². The van der Waals surface area contributed by atoms with E-state index < -0.39 is 0 Å². The van der Waals surface area contributed by atoms with E-state index >= 15 is 0 Å². The van der Waals surface area contributed by atoms with Crippen LogP contribution in [-0.2, 0) is 16.6 Å². The van der Waals surface area contributed by atoms with E-state index in [1.165, 1.54) is 0 Å². The fourth-order valence-corrected chi connectivity index (χ4v) is 2.54. The molecule has 0 unspecified atom stereocenters. The van der Waals surface area contributed by atoms with Crippen LogP contribution < -0.4 is 5.32 Å². The molecule has 0 radical (unpaired) electrons. The molecule has 1 heterocycles. The van der Waals surface area contributed by atoms with E-state index in [4.69, 9.17) is 4.52 Å². The van der Waals surface area contributed by atoms with Crippen molar-refractivity contribution in [1.82, 2.24) is 15.5 Å². The van der Waals surface area contributed by atoms with Crippen LogP contribution in [0, 0.1) is 0 Å². The van der Waals surface area contributed by atoms with Crippen molar-refractivity contribution in [3.8, 4) is 0 Å². The Morgan fingerprint density at radius 2 is 2.14 bits per heavy atom. The van der Waals surface area contributed by atoms with Crippen molar-refractivity contribution in [2.75, 3.05) is 12.9 Å². The Bertz CT molecular complexity index is 467. The third-order valence-electron chi connectivity index (χ3n) is 3.36. The first-order valence-electron chi connectivity index (χ1n) is 7.54. The van der Waals surface area contributed by atoms with Gasteiger partial charge in [-0.1, -0.05) is 25.9 Å².